The first-order valence-electron chi connectivity index (χ1n) is 5.01. The Kier molecular flexibility index (Phi) is 3.90. The molecule has 0 radical (unpaired) electrons. The summed E-state index contributed by atoms with van der Waals surface area (Å²) < 4.78 is 27.8. The standard InChI is InChI=1S/C9H10ClN5O2S/c10-9-12-5-8(6-13-9)18(16,17)14-2-4-15-3-1-11-7-15/h1,3,5-7,14H,2,4H2. The van der Waals surface area contributed by atoms with Gasteiger partial charge in [-0.05, 0) is 11.6 Å². The van der Waals surface area contributed by atoms with Gasteiger partial charge in [-0.3, -0.25) is 0 Å². The Hall–Kier alpha value is -1.51. The molecule has 0 aliphatic rings. The van der Waals surface area contributed by atoms with Crippen LogP contribution in [0.2, 0.25) is 5.28 Å². The van der Waals surface area contributed by atoms with Crippen molar-refractivity contribution in [2.75, 3.05) is 6.54 Å². The molecule has 2 aromatic rings. The maximum Gasteiger partial charge on any atom is 0.243 e. The van der Waals surface area contributed by atoms with E-state index in [4.69, 9.17) is 11.6 Å². The molecule has 9 heteroatoms. The zero-order valence-electron chi connectivity index (χ0n) is 9.19. The number of imidazole rings is 1. The highest BCUT2D eigenvalue weighted by Crippen LogP contribution is 2.07. The number of rotatable bonds is 5. The first-order valence-corrected chi connectivity index (χ1v) is 6.87. The number of hydrogen-bond donors (Lipinski definition) is 1. The molecule has 0 aromatic carbocycles. The molecule has 0 saturated heterocycles. The summed E-state index contributed by atoms with van der Waals surface area (Å²) in [5.74, 6) is 0. The summed E-state index contributed by atoms with van der Waals surface area (Å²) in [5.41, 5.74) is 0. The number of aromatic nitrogens is 4. The molecule has 2 heterocycles. The minimum atomic E-state index is -3.60. The van der Waals surface area contributed by atoms with Crippen LogP contribution in [-0.4, -0.2) is 34.5 Å². The molecule has 0 bridgehead atoms. The Balaban J connectivity index is 1.97. The van der Waals surface area contributed by atoms with E-state index in [0.717, 1.165) is 12.4 Å². The van der Waals surface area contributed by atoms with Crippen LogP contribution >= 0.6 is 11.6 Å². The molecule has 2 rings (SSSR count). The highest BCUT2D eigenvalue weighted by atomic mass is 35.5. The highest BCUT2D eigenvalue weighted by molar-refractivity contribution is 7.89. The van der Waals surface area contributed by atoms with Crippen LogP contribution in [0.3, 0.4) is 0 Å². The SMILES string of the molecule is O=S(=O)(NCCn1ccnc1)c1cnc(Cl)nc1. The molecule has 0 aliphatic heterocycles. The number of nitrogens with one attached hydrogen (secondary N) is 1. The van der Waals surface area contributed by atoms with E-state index < -0.39 is 10.0 Å². The zero-order chi connectivity index (χ0) is 13.0. The van der Waals surface area contributed by atoms with Crippen LogP contribution in [0, 0.1) is 0 Å². The van der Waals surface area contributed by atoms with Gasteiger partial charge >= 0.3 is 0 Å². The second-order valence-corrected chi connectivity index (χ2v) is 5.49. The van der Waals surface area contributed by atoms with Crippen LogP contribution < -0.4 is 4.72 Å². The van der Waals surface area contributed by atoms with Crippen molar-refractivity contribution in [1.29, 1.82) is 0 Å². The molecule has 2 aromatic heterocycles. The quantitative estimate of drug-likeness (QED) is 0.799. The van der Waals surface area contributed by atoms with Gasteiger partial charge in [-0.1, -0.05) is 0 Å². The Morgan fingerprint density at radius 3 is 2.67 bits per heavy atom. The van der Waals surface area contributed by atoms with Crippen LogP contribution in [0.25, 0.3) is 0 Å². The fourth-order valence-corrected chi connectivity index (χ4v) is 2.26. The lowest BCUT2D eigenvalue weighted by molar-refractivity contribution is 0.572. The van der Waals surface area contributed by atoms with Gasteiger partial charge in [-0.15, -0.1) is 0 Å². The van der Waals surface area contributed by atoms with Crippen molar-refractivity contribution in [2.45, 2.75) is 11.4 Å². The highest BCUT2D eigenvalue weighted by Gasteiger charge is 2.14. The second-order valence-electron chi connectivity index (χ2n) is 3.39. The lowest BCUT2D eigenvalue weighted by atomic mass is 10.6. The summed E-state index contributed by atoms with van der Waals surface area (Å²) in [5, 5.41) is 0.00682. The number of sulfonamides is 1. The van der Waals surface area contributed by atoms with Gasteiger partial charge in [0.2, 0.25) is 15.3 Å². The smallest absolute Gasteiger partial charge is 0.243 e. The molecule has 7 nitrogen and oxygen atoms in total. The van der Waals surface area contributed by atoms with Crippen LogP contribution in [-0.2, 0) is 16.6 Å². The van der Waals surface area contributed by atoms with Crippen molar-refractivity contribution in [1.82, 2.24) is 24.2 Å². The third-order valence-electron chi connectivity index (χ3n) is 2.13. The van der Waals surface area contributed by atoms with E-state index in [1.54, 1.807) is 23.3 Å². The van der Waals surface area contributed by atoms with Crippen molar-refractivity contribution < 1.29 is 8.42 Å². The summed E-state index contributed by atoms with van der Waals surface area (Å²) in [6, 6.07) is 0. The van der Waals surface area contributed by atoms with E-state index in [-0.39, 0.29) is 16.7 Å². The molecule has 0 saturated carbocycles. The average molecular weight is 288 g/mol. The molecule has 0 unspecified atom stereocenters. The molecule has 0 aliphatic carbocycles. The molecular weight excluding hydrogens is 278 g/mol. The van der Waals surface area contributed by atoms with Gasteiger partial charge in [0.05, 0.1) is 18.7 Å². The van der Waals surface area contributed by atoms with E-state index in [1.807, 2.05) is 0 Å². The van der Waals surface area contributed by atoms with Crippen molar-refractivity contribution in [2.24, 2.45) is 0 Å². The summed E-state index contributed by atoms with van der Waals surface area (Å²) in [6.07, 6.45) is 7.31. The van der Waals surface area contributed by atoms with Crippen LogP contribution in [0.5, 0.6) is 0 Å². The second kappa shape index (κ2) is 5.42. The fourth-order valence-electron chi connectivity index (χ4n) is 1.25. The number of halogens is 1. The van der Waals surface area contributed by atoms with Gasteiger partial charge in [0.15, 0.2) is 0 Å². The minimum Gasteiger partial charge on any atom is -0.336 e. The molecule has 1 N–H and O–H groups in total. The van der Waals surface area contributed by atoms with Crippen LogP contribution in [0.1, 0.15) is 0 Å². The topological polar surface area (TPSA) is 89.8 Å². The third kappa shape index (κ3) is 3.25. The van der Waals surface area contributed by atoms with Gasteiger partial charge in [0, 0.05) is 25.5 Å². The summed E-state index contributed by atoms with van der Waals surface area (Å²) in [7, 11) is -3.60. The largest absolute Gasteiger partial charge is 0.336 e. The Morgan fingerprint density at radius 1 is 1.33 bits per heavy atom. The maximum absolute atomic E-state index is 11.8. The number of nitrogens with zero attached hydrogens (tertiary/aromatic N) is 4. The summed E-state index contributed by atoms with van der Waals surface area (Å²) in [6.45, 7) is 0.745. The predicted molar refractivity (Wildman–Crippen MR) is 64.5 cm³/mol. The third-order valence-corrected chi connectivity index (χ3v) is 3.74. The van der Waals surface area contributed by atoms with E-state index >= 15 is 0 Å². The maximum atomic E-state index is 11.8. The molecular formula is C9H10ClN5O2S. The van der Waals surface area contributed by atoms with Crippen molar-refractivity contribution in [3.05, 3.63) is 36.4 Å². The van der Waals surface area contributed by atoms with Crippen molar-refractivity contribution >= 4 is 21.6 Å². The first-order chi connectivity index (χ1) is 8.58. The molecule has 0 fully saturated rings. The van der Waals surface area contributed by atoms with Gasteiger partial charge in [0.1, 0.15) is 4.90 Å². The van der Waals surface area contributed by atoms with Gasteiger partial charge in [-0.25, -0.2) is 28.1 Å². The molecule has 96 valence electrons. The Bertz CT molecular complexity index is 596. The summed E-state index contributed by atoms with van der Waals surface area (Å²) in [4.78, 5) is 11.1. The van der Waals surface area contributed by atoms with Crippen LogP contribution in [0.4, 0.5) is 0 Å². The van der Waals surface area contributed by atoms with Gasteiger partial charge in [0.25, 0.3) is 0 Å². The normalized spacial score (nSPS) is 11.6. The molecule has 0 spiro atoms. The van der Waals surface area contributed by atoms with Crippen molar-refractivity contribution in [3.63, 3.8) is 0 Å². The molecule has 0 amide bonds. The van der Waals surface area contributed by atoms with Crippen molar-refractivity contribution in [3.8, 4) is 0 Å². The first kappa shape index (κ1) is 12.9. The Labute approximate surface area is 109 Å². The lowest BCUT2D eigenvalue weighted by Crippen LogP contribution is -2.27. The van der Waals surface area contributed by atoms with E-state index in [1.165, 1.54) is 0 Å². The minimum absolute atomic E-state index is 0.00682. The van der Waals surface area contributed by atoms with Gasteiger partial charge < -0.3 is 4.57 Å². The lowest BCUT2D eigenvalue weighted by Gasteiger charge is -2.06. The van der Waals surface area contributed by atoms with E-state index in [2.05, 4.69) is 19.7 Å². The molecule has 0 atom stereocenters. The average Bonchev–Trinajstić information content (AvgIpc) is 2.82. The monoisotopic (exact) mass is 287 g/mol. The van der Waals surface area contributed by atoms with E-state index in [0.29, 0.717) is 6.54 Å². The zero-order valence-corrected chi connectivity index (χ0v) is 10.8. The van der Waals surface area contributed by atoms with Crippen LogP contribution in [0.15, 0.2) is 36.0 Å². The summed E-state index contributed by atoms with van der Waals surface area (Å²) >= 11 is 5.49. The van der Waals surface area contributed by atoms with E-state index in [9.17, 15) is 8.42 Å². The fraction of sp³-hybridized carbons (Fsp3) is 0.222. The molecule has 18 heavy (non-hydrogen) atoms. The van der Waals surface area contributed by atoms with Gasteiger partial charge in [-0.2, -0.15) is 0 Å². The number of hydrogen-bond acceptors (Lipinski definition) is 5. The predicted octanol–water partition coefficient (Wildman–Crippen LogP) is 0.305. The Morgan fingerprint density at radius 2 is 2.06 bits per heavy atom.